The SMILES string of the molecule is CCCCCN(C(=O)c1cc(N)c[nH]1)C(C)C. The monoisotopic (exact) mass is 237 g/mol. The molecule has 0 aromatic carbocycles. The Balaban J connectivity index is 2.67. The summed E-state index contributed by atoms with van der Waals surface area (Å²) in [6.45, 7) is 7.04. The molecule has 4 nitrogen and oxygen atoms in total. The molecule has 4 heteroatoms. The van der Waals surface area contributed by atoms with Crippen LogP contribution in [0.15, 0.2) is 12.3 Å². The van der Waals surface area contributed by atoms with Crippen LogP contribution in [0.4, 0.5) is 5.69 Å². The molecule has 1 heterocycles. The van der Waals surface area contributed by atoms with Crippen LogP contribution < -0.4 is 5.73 Å². The first-order chi connectivity index (χ1) is 8.06. The van der Waals surface area contributed by atoms with Gasteiger partial charge in [0.05, 0.1) is 0 Å². The van der Waals surface area contributed by atoms with E-state index in [1.54, 1.807) is 12.3 Å². The van der Waals surface area contributed by atoms with E-state index < -0.39 is 0 Å². The number of carbonyl (C=O) groups excluding carboxylic acids is 1. The minimum Gasteiger partial charge on any atom is -0.397 e. The molecule has 0 aliphatic carbocycles. The smallest absolute Gasteiger partial charge is 0.270 e. The number of nitrogens with two attached hydrogens (primary N) is 1. The van der Waals surface area contributed by atoms with Crippen molar-refractivity contribution in [2.45, 2.75) is 46.1 Å². The summed E-state index contributed by atoms with van der Waals surface area (Å²) in [7, 11) is 0. The zero-order valence-corrected chi connectivity index (χ0v) is 11.0. The second-order valence-electron chi connectivity index (χ2n) is 4.65. The van der Waals surface area contributed by atoms with Crippen LogP contribution in [-0.2, 0) is 0 Å². The number of aromatic nitrogens is 1. The maximum Gasteiger partial charge on any atom is 0.270 e. The number of nitrogens with one attached hydrogen (secondary N) is 1. The number of H-pyrrole nitrogens is 1. The molecule has 0 bridgehead atoms. The Morgan fingerprint density at radius 2 is 2.18 bits per heavy atom. The highest BCUT2D eigenvalue weighted by atomic mass is 16.2. The Bertz CT molecular complexity index is 357. The average molecular weight is 237 g/mol. The molecular weight excluding hydrogens is 214 g/mol. The third-order valence-corrected chi connectivity index (χ3v) is 2.82. The predicted molar refractivity (Wildman–Crippen MR) is 70.9 cm³/mol. The highest BCUT2D eigenvalue weighted by Gasteiger charge is 2.19. The summed E-state index contributed by atoms with van der Waals surface area (Å²) in [5.41, 5.74) is 6.79. The van der Waals surface area contributed by atoms with Crippen LogP contribution in [0.3, 0.4) is 0 Å². The molecule has 96 valence electrons. The van der Waals surface area contributed by atoms with Gasteiger partial charge in [-0.25, -0.2) is 0 Å². The minimum atomic E-state index is 0.0350. The van der Waals surface area contributed by atoms with E-state index in [1.165, 1.54) is 0 Å². The standard InChI is InChI=1S/C13H23N3O/c1-4-5-6-7-16(10(2)3)13(17)12-8-11(14)9-15-12/h8-10,15H,4-7,14H2,1-3H3. The molecule has 1 rings (SSSR count). The van der Waals surface area contributed by atoms with Crippen molar-refractivity contribution in [3.05, 3.63) is 18.0 Å². The van der Waals surface area contributed by atoms with Gasteiger partial charge in [-0.05, 0) is 26.3 Å². The minimum absolute atomic E-state index is 0.0350. The van der Waals surface area contributed by atoms with E-state index in [4.69, 9.17) is 5.73 Å². The number of nitrogen functional groups attached to an aromatic ring is 1. The van der Waals surface area contributed by atoms with Gasteiger partial charge in [0.15, 0.2) is 0 Å². The first kappa shape index (κ1) is 13.6. The van der Waals surface area contributed by atoms with Crippen LogP contribution in [0.5, 0.6) is 0 Å². The number of hydrogen-bond acceptors (Lipinski definition) is 2. The quantitative estimate of drug-likeness (QED) is 0.747. The lowest BCUT2D eigenvalue weighted by Gasteiger charge is -2.26. The van der Waals surface area contributed by atoms with E-state index in [9.17, 15) is 4.79 Å². The van der Waals surface area contributed by atoms with Crippen molar-refractivity contribution in [2.75, 3.05) is 12.3 Å². The number of anilines is 1. The summed E-state index contributed by atoms with van der Waals surface area (Å²) < 4.78 is 0. The normalized spacial score (nSPS) is 10.8. The molecule has 0 aliphatic heterocycles. The van der Waals surface area contributed by atoms with Crippen molar-refractivity contribution >= 4 is 11.6 Å². The van der Waals surface area contributed by atoms with Gasteiger partial charge in [-0.1, -0.05) is 19.8 Å². The fraction of sp³-hybridized carbons (Fsp3) is 0.615. The van der Waals surface area contributed by atoms with Crippen LogP contribution in [-0.4, -0.2) is 28.4 Å². The van der Waals surface area contributed by atoms with Gasteiger partial charge < -0.3 is 15.6 Å². The lowest BCUT2D eigenvalue weighted by atomic mass is 10.2. The molecule has 0 spiro atoms. The average Bonchev–Trinajstić information content (AvgIpc) is 2.70. The van der Waals surface area contributed by atoms with E-state index in [2.05, 4.69) is 11.9 Å². The molecule has 17 heavy (non-hydrogen) atoms. The maximum atomic E-state index is 12.2. The van der Waals surface area contributed by atoms with Crippen LogP contribution in [0.2, 0.25) is 0 Å². The van der Waals surface area contributed by atoms with Crippen LogP contribution in [0.1, 0.15) is 50.5 Å². The van der Waals surface area contributed by atoms with Crippen molar-refractivity contribution < 1.29 is 4.79 Å². The zero-order valence-electron chi connectivity index (χ0n) is 11.0. The van der Waals surface area contributed by atoms with Gasteiger partial charge in [-0.15, -0.1) is 0 Å². The Morgan fingerprint density at radius 1 is 1.47 bits per heavy atom. The molecule has 3 N–H and O–H groups in total. The molecule has 0 radical (unpaired) electrons. The molecular formula is C13H23N3O. The van der Waals surface area contributed by atoms with Gasteiger partial charge in [0.25, 0.3) is 5.91 Å². The fourth-order valence-corrected chi connectivity index (χ4v) is 1.82. The van der Waals surface area contributed by atoms with Crippen molar-refractivity contribution in [1.29, 1.82) is 0 Å². The first-order valence-corrected chi connectivity index (χ1v) is 6.31. The summed E-state index contributed by atoms with van der Waals surface area (Å²) in [4.78, 5) is 17.0. The summed E-state index contributed by atoms with van der Waals surface area (Å²) >= 11 is 0. The van der Waals surface area contributed by atoms with E-state index in [-0.39, 0.29) is 11.9 Å². The summed E-state index contributed by atoms with van der Waals surface area (Å²) in [6.07, 6.45) is 5.02. The van der Waals surface area contributed by atoms with E-state index in [0.717, 1.165) is 25.8 Å². The Hall–Kier alpha value is -1.45. The molecule has 1 aromatic rings. The van der Waals surface area contributed by atoms with Crippen molar-refractivity contribution in [3.63, 3.8) is 0 Å². The van der Waals surface area contributed by atoms with Gasteiger partial charge in [0.2, 0.25) is 0 Å². The van der Waals surface area contributed by atoms with Gasteiger partial charge in [0, 0.05) is 24.5 Å². The highest BCUT2D eigenvalue weighted by molar-refractivity contribution is 5.93. The number of hydrogen-bond donors (Lipinski definition) is 2. The lowest BCUT2D eigenvalue weighted by molar-refractivity contribution is 0.0697. The summed E-state index contributed by atoms with van der Waals surface area (Å²) in [5.74, 6) is 0.0350. The number of amides is 1. The summed E-state index contributed by atoms with van der Waals surface area (Å²) in [6, 6.07) is 1.90. The second-order valence-corrected chi connectivity index (χ2v) is 4.65. The van der Waals surface area contributed by atoms with E-state index in [1.807, 2.05) is 18.7 Å². The number of rotatable bonds is 6. The number of carbonyl (C=O) groups is 1. The molecule has 0 atom stereocenters. The largest absolute Gasteiger partial charge is 0.397 e. The van der Waals surface area contributed by atoms with Crippen molar-refractivity contribution in [1.82, 2.24) is 9.88 Å². The highest BCUT2D eigenvalue weighted by Crippen LogP contribution is 2.12. The van der Waals surface area contributed by atoms with Gasteiger partial charge in [0.1, 0.15) is 5.69 Å². The number of nitrogens with zero attached hydrogens (tertiary/aromatic N) is 1. The lowest BCUT2D eigenvalue weighted by Crippen LogP contribution is -2.37. The van der Waals surface area contributed by atoms with Gasteiger partial charge in [-0.2, -0.15) is 0 Å². The van der Waals surface area contributed by atoms with Crippen LogP contribution in [0.25, 0.3) is 0 Å². The maximum absolute atomic E-state index is 12.2. The zero-order chi connectivity index (χ0) is 12.8. The first-order valence-electron chi connectivity index (χ1n) is 6.31. The molecule has 0 saturated carbocycles. The van der Waals surface area contributed by atoms with Crippen molar-refractivity contribution in [2.24, 2.45) is 0 Å². The van der Waals surface area contributed by atoms with Crippen LogP contribution >= 0.6 is 0 Å². The van der Waals surface area contributed by atoms with E-state index in [0.29, 0.717) is 11.4 Å². The predicted octanol–water partition coefficient (Wildman–Crippen LogP) is 2.64. The molecule has 0 saturated heterocycles. The molecule has 1 amide bonds. The number of unbranched alkanes of at least 4 members (excludes halogenated alkanes) is 2. The summed E-state index contributed by atoms with van der Waals surface area (Å²) in [5, 5.41) is 0. The van der Waals surface area contributed by atoms with Gasteiger partial charge >= 0.3 is 0 Å². The van der Waals surface area contributed by atoms with Gasteiger partial charge in [-0.3, -0.25) is 4.79 Å². The third kappa shape index (κ3) is 3.80. The molecule has 0 fully saturated rings. The Kier molecular flexibility index (Phi) is 5.07. The molecule has 1 aromatic heterocycles. The van der Waals surface area contributed by atoms with Crippen LogP contribution in [0, 0.1) is 0 Å². The second kappa shape index (κ2) is 6.33. The van der Waals surface area contributed by atoms with E-state index >= 15 is 0 Å². The molecule has 0 unspecified atom stereocenters. The Labute approximate surface area is 103 Å². The topological polar surface area (TPSA) is 62.1 Å². The third-order valence-electron chi connectivity index (χ3n) is 2.82. The Morgan fingerprint density at radius 3 is 2.65 bits per heavy atom. The fourth-order valence-electron chi connectivity index (χ4n) is 1.82. The van der Waals surface area contributed by atoms with Crippen molar-refractivity contribution in [3.8, 4) is 0 Å². The molecule has 0 aliphatic rings. The number of aromatic amines is 1.